The second-order valence-electron chi connectivity index (χ2n) is 3.15. The van der Waals surface area contributed by atoms with Crippen molar-refractivity contribution in [3.8, 4) is 0 Å². The Morgan fingerprint density at radius 1 is 1.73 bits per heavy atom. The Labute approximate surface area is 67.8 Å². The highest BCUT2D eigenvalue weighted by Gasteiger charge is 2.20. The van der Waals surface area contributed by atoms with Gasteiger partial charge in [0.05, 0.1) is 0 Å². The minimum atomic E-state index is 0.0972. The van der Waals surface area contributed by atoms with Crippen molar-refractivity contribution in [2.24, 2.45) is 5.92 Å². The summed E-state index contributed by atoms with van der Waals surface area (Å²) >= 11 is 0. The maximum atomic E-state index is 11.1. The van der Waals surface area contributed by atoms with Crippen LogP contribution in [0.3, 0.4) is 0 Å². The van der Waals surface area contributed by atoms with E-state index in [0.29, 0.717) is 0 Å². The minimum Gasteiger partial charge on any atom is -0.299 e. The van der Waals surface area contributed by atoms with Crippen molar-refractivity contribution < 1.29 is 4.79 Å². The first-order valence-electron chi connectivity index (χ1n) is 3.99. The van der Waals surface area contributed by atoms with Crippen molar-refractivity contribution >= 4 is 5.78 Å². The van der Waals surface area contributed by atoms with Crippen LogP contribution >= 0.6 is 0 Å². The van der Waals surface area contributed by atoms with E-state index in [4.69, 9.17) is 0 Å². The maximum absolute atomic E-state index is 11.1. The molecule has 0 aromatic carbocycles. The molecule has 0 aromatic rings. The molecule has 0 amide bonds. The molecule has 1 atom stereocenters. The average Bonchev–Trinajstić information content (AvgIpc) is 1.94. The molecule has 0 saturated heterocycles. The van der Waals surface area contributed by atoms with Crippen LogP contribution < -0.4 is 0 Å². The molecular formula is C10H14O. The van der Waals surface area contributed by atoms with E-state index >= 15 is 0 Å². The number of carbonyl (C=O) groups excluding carboxylic acids is 1. The second kappa shape index (κ2) is 3.04. The van der Waals surface area contributed by atoms with Crippen LogP contribution in [0.1, 0.15) is 26.7 Å². The standard InChI is InChI=1S/C10H14O/c1-7-5-4-6-10(8(7)2)9(3)11/h5,10H,2,4,6H2,1,3H3. The van der Waals surface area contributed by atoms with Crippen molar-refractivity contribution in [2.45, 2.75) is 26.7 Å². The molecular weight excluding hydrogens is 136 g/mol. The van der Waals surface area contributed by atoms with Gasteiger partial charge in [0.15, 0.2) is 0 Å². The van der Waals surface area contributed by atoms with Gasteiger partial charge in [0.2, 0.25) is 0 Å². The average molecular weight is 150 g/mol. The Kier molecular flexibility index (Phi) is 2.28. The number of hydrogen-bond donors (Lipinski definition) is 0. The molecule has 1 rings (SSSR count). The fourth-order valence-corrected chi connectivity index (χ4v) is 1.50. The number of hydrogen-bond acceptors (Lipinski definition) is 1. The molecule has 0 aliphatic heterocycles. The molecule has 0 spiro atoms. The van der Waals surface area contributed by atoms with E-state index in [9.17, 15) is 4.79 Å². The summed E-state index contributed by atoms with van der Waals surface area (Å²) in [4.78, 5) is 11.1. The first-order valence-corrected chi connectivity index (χ1v) is 3.99. The van der Waals surface area contributed by atoms with Crippen LogP contribution in [0.2, 0.25) is 0 Å². The highest BCUT2D eigenvalue weighted by Crippen LogP contribution is 2.28. The van der Waals surface area contributed by atoms with Gasteiger partial charge >= 0.3 is 0 Å². The van der Waals surface area contributed by atoms with Gasteiger partial charge in [0.25, 0.3) is 0 Å². The molecule has 0 bridgehead atoms. The Balaban J connectivity index is 2.81. The monoisotopic (exact) mass is 150 g/mol. The molecule has 1 heteroatoms. The molecule has 0 saturated carbocycles. The third kappa shape index (κ3) is 1.59. The van der Waals surface area contributed by atoms with Crippen molar-refractivity contribution in [3.05, 3.63) is 23.8 Å². The Morgan fingerprint density at radius 3 is 2.82 bits per heavy atom. The van der Waals surface area contributed by atoms with Crippen LogP contribution in [0.25, 0.3) is 0 Å². The van der Waals surface area contributed by atoms with Gasteiger partial charge in [-0.05, 0) is 32.3 Å². The predicted molar refractivity (Wildman–Crippen MR) is 46.3 cm³/mol. The number of rotatable bonds is 1. The maximum Gasteiger partial charge on any atom is 0.137 e. The van der Waals surface area contributed by atoms with E-state index in [1.165, 1.54) is 5.57 Å². The fraction of sp³-hybridized carbons (Fsp3) is 0.500. The Morgan fingerprint density at radius 2 is 2.36 bits per heavy atom. The largest absolute Gasteiger partial charge is 0.299 e. The Bertz CT molecular complexity index is 223. The van der Waals surface area contributed by atoms with E-state index in [1.807, 2.05) is 6.92 Å². The van der Waals surface area contributed by atoms with Gasteiger partial charge < -0.3 is 0 Å². The molecule has 0 radical (unpaired) electrons. The van der Waals surface area contributed by atoms with Crippen molar-refractivity contribution in [1.82, 2.24) is 0 Å². The molecule has 0 heterocycles. The van der Waals surface area contributed by atoms with Crippen LogP contribution in [0.5, 0.6) is 0 Å². The van der Waals surface area contributed by atoms with Crippen LogP contribution in [-0.2, 0) is 4.79 Å². The van der Waals surface area contributed by atoms with E-state index < -0.39 is 0 Å². The summed E-state index contributed by atoms with van der Waals surface area (Å²) in [7, 11) is 0. The lowest BCUT2D eigenvalue weighted by atomic mass is 9.83. The second-order valence-corrected chi connectivity index (χ2v) is 3.15. The van der Waals surface area contributed by atoms with E-state index in [0.717, 1.165) is 18.4 Å². The number of carbonyl (C=O) groups is 1. The molecule has 1 unspecified atom stereocenters. The molecule has 1 nitrogen and oxygen atoms in total. The summed E-state index contributed by atoms with van der Waals surface area (Å²) in [6.45, 7) is 7.58. The summed E-state index contributed by atoms with van der Waals surface area (Å²) in [5.74, 6) is 0.349. The summed E-state index contributed by atoms with van der Waals surface area (Å²) in [5.41, 5.74) is 2.21. The molecule has 1 aliphatic rings. The molecule has 0 aromatic heterocycles. The molecule has 0 N–H and O–H groups in total. The summed E-state index contributed by atoms with van der Waals surface area (Å²) in [6, 6.07) is 0. The predicted octanol–water partition coefficient (Wildman–Crippen LogP) is 2.49. The van der Waals surface area contributed by atoms with E-state index in [-0.39, 0.29) is 11.7 Å². The molecule has 1 aliphatic carbocycles. The van der Waals surface area contributed by atoms with E-state index in [1.54, 1.807) is 6.92 Å². The summed E-state index contributed by atoms with van der Waals surface area (Å²) < 4.78 is 0. The van der Waals surface area contributed by atoms with Crippen LogP contribution in [0, 0.1) is 5.92 Å². The van der Waals surface area contributed by atoms with Crippen molar-refractivity contribution in [3.63, 3.8) is 0 Å². The first-order chi connectivity index (χ1) is 5.13. The molecule has 0 fully saturated rings. The SMILES string of the molecule is C=C1C(C)=CCCC1C(C)=O. The highest BCUT2D eigenvalue weighted by molar-refractivity contribution is 5.82. The summed E-state index contributed by atoms with van der Waals surface area (Å²) in [5, 5.41) is 0. The number of Topliss-reactive ketones (excluding diaryl/α,β-unsaturated/α-hetero) is 1. The molecule has 60 valence electrons. The van der Waals surface area contributed by atoms with Crippen LogP contribution in [0.4, 0.5) is 0 Å². The van der Waals surface area contributed by atoms with Gasteiger partial charge in [-0.3, -0.25) is 4.79 Å². The lowest BCUT2D eigenvalue weighted by Gasteiger charge is -2.21. The zero-order valence-corrected chi connectivity index (χ0v) is 7.18. The smallest absolute Gasteiger partial charge is 0.137 e. The van der Waals surface area contributed by atoms with Crippen molar-refractivity contribution in [1.29, 1.82) is 0 Å². The minimum absolute atomic E-state index is 0.0972. The normalized spacial score (nSPS) is 24.7. The van der Waals surface area contributed by atoms with Crippen LogP contribution in [0.15, 0.2) is 23.8 Å². The summed E-state index contributed by atoms with van der Waals surface area (Å²) in [6.07, 6.45) is 4.13. The lowest BCUT2D eigenvalue weighted by Crippen LogP contribution is -2.16. The zero-order valence-electron chi connectivity index (χ0n) is 7.18. The van der Waals surface area contributed by atoms with Gasteiger partial charge in [0, 0.05) is 5.92 Å². The molecule has 11 heavy (non-hydrogen) atoms. The quantitative estimate of drug-likeness (QED) is 0.561. The highest BCUT2D eigenvalue weighted by atomic mass is 16.1. The Hall–Kier alpha value is -0.850. The zero-order chi connectivity index (χ0) is 8.43. The topological polar surface area (TPSA) is 17.1 Å². The van der Waals surface area contributed by atoms with Gasteiger partial charge in [-0.15, -0.1) is 0 Å². The van der Waals surface area contributed by atoms with Crippen molar-refractivity contribution in [2.75, 3.05) is 0 Å². The van der Waals surface area contributed by atoms with Crippen LogP contribution in [-0.4, -0.2) is 5.78 Å². The fourth-order valence-electron chi connectivity index (χ4n) is 1.50. The van der Waals surface area contributed by atoms with Gasteiger partial charge in [-0.1, -0.05) is 18.2 Å². The van der Waals surface area contributed by atoms with Gasteiger partial charge in [-0.25, -0.2) is 0 Å². The van der Waals surface area contributed by atoms with E-state index in [2.05, 4.69) is 12.7 Å². The number of ketones is 1. The lowest BCUT2D eigenvalue weighted by molar-refractivity contribution is -0.119. The third-order valence-electron chi connectivity index (χ3n) is 2.32. The number of allylic oxidation sites excluding steroid dienone is 3. The third-order valence-corrected chi connectivity index (χ3v) is 2.32. The van der Waals surface area contributed by atoms with Gasteiger partial charge in [-0.2, -0.15) is 0 Å². The van der Waals surface area contributed by atoms with Gasteiger partial charge in [0.1, 0.15) is 5.78 Å². The first kappa shape index (κ1) is 8.25.